The molecule has 24 heavy (non-hydrogen) atoms. The fraction of sp³-hybridized carbons (Fsp3) is 0.944. The Morgan fingerprint density at radius 3 is 2.50 bits per heavy atom. The molecule has 2 fully saturated rings. The molecule has 0 aliphatic heterocycles. The highest BCUT2D eigenvalue weighted by atomic mass is 127. The zero-order chi connectivity index (χ0) is 16.5. The molecular weight excluding hydrogens is 415 g/mol. The summed E-state index contributed by atoms with van der Waals surface area (Å²) < 4.78 is 5.31. The minimum atomic E-state index is 0. The Morgan fingerprint density at radius 2 is 1.96 bits per heavy atom. The van der Waals surface area contributed by atoms with Crippen molar-refractivity contribution in [2.45, 2.75) is 57.9 Å². The van der Waals surface area contributed by atoms with E-state index in [1.165, 1.54) is 38.5 Å². The maximum Gasteiger partial charge on any atom is 0.191 e. The first kappa shape index (κ1) is 22.0. The van der Waals surface area contributed by atoms with Crippen molar-refractivity contribution in [3.63, 3.8) is 0 Å². The van der Waals surface area contributed by atoms with E-state index < -0.39 is 0 Å². The van der Waals surface area contributed by atoms with E-state index in [-0.39, 0.29) is 24.0 Å². The summed E-state index contributed by atoms with van der Waals surface area (Å²) in [6.45, 7) is 7.35. The lowest BCUT2D eigenvalue weighted by molar-refractivity contribution is 0.138. The number of methoxy groups -OCH3 is 1. The topological polar surface area (TPSA) is 48.9 Å². The fourth-order valence-electron chi connectivity index (χ4n) is 3.81. The van der Waals surface area contributed by atoms with Gasteiger partial charge in [0.2, 0.25) is 0 Å². The van der Waals surface area contributed by atoms with Crippen molar-refractivity contribution in [1.29, 1.82) is 0 Å². The first-order valence-electron chi connectivity index (χ1n) is 9.40. The second-order valence-electron chi connectivity index (χ2n) is 7.16. The van der Waals surface area contributed by atoms with Crippen LogP contribution in [0.15, 0.2) is 4.99 Å². The molecule has 6 heteroatoms. The summed E-state index contributed by atoms with van der Waals surface area (Å²) in [6, 6.07) is 0.840. The van der Waals surface area contributed by atoms with Crippen LogP contribution in [0.4, 0.5) is 0 Å². The van der Waals surface area contributed by atoms with Crippen LogP contribution >= 0.6 is 24.0 Å². The number of guanidine groups is 1. The van der Waals surface area contributed by atoms with Gasteiger partial charge in [-0.05, 0) is 44.1 Å². The van der Waals surface area contributed by atoms with Gasteiger partial charge in [-0.1, -0.05) is 19.8 Å². The summed E-state index contributed by atoms with van der Waals surface area (Å²) >= 11 is 0. The fourth-order valence-corrected chi connectivity index (χ4v) is 3.81. The van der Waals surface area contributed by atoms with E-state index in [1.54, 1.807) is 7.11 Å². The van der Waals surface area contributed by atoms with Gasteiger partial charge >= 0.3 is 0 Å². The van der Waals surface area contributed by atoms with Crippen LogP contribution in [-0.2, 0) is 4.74 Å². The lowest BCUT2D eigenvalue weighted by Crippen LogP contribution is -2.45. The van der Waals surface area contributed by atoms with Gasteiger partial charge in [-0.2, -0.15) is 0 Å². The standard InChI is InChI=1S/C18H36N4O.HI/c1-4-22(16-7-8-16)13-12-20-17(19-2)21-15-18(11-14-23-3)9-5-6-10-18;/h16H,4-15H2,1-3H3,(H2,19,20,21);1H. The van der Waals surface area contributed by atoms with E-state index in [0.29, 0.717) is 5.41 Å². The van der Waals surface area contributed by atoms with E-state index in [1.807, 2.05) is 7.05 Å². The second-order valence-corrected chi connectivity index (χ2v) is 7.16. The zero-order valence-electron chi connectivity index (χ0n) is 15.8. The zero-order valence-corrected chi connectivity index (χ0v) is 18.1. The van der Waals surface area contributed by atoms with Crippen molar-refractivity contribution in [3.8, 4) is 0 Å². The number of halogens is 1. The van der Waals surface area contributed by atoms with Crippen molar-refractivity contribution in [2.75, 3.05) is 46.9 Å². The van der Waals surface area contributed by atoms with Gasteiger partial charge in [0, 0.05) is 46.4 Å². The Bertz CT molecular complexity index is 368. The predicted octanol–water partition coefficient (Wildman–Crippen LogP) is 2.85. The van der Waals surface area contributed by atoms with Crippen molar-refractivity contribution >= 4 is 29.9 Å². The van der Waals surface area contributed by atoms with Crippen molar-refractivity contribution < 1.29 is 4.74 Å². The van der Waals surface area contributed by atoms with Gasteiger partial charge in [0.05, 0.1) is 0 Å². The van der Waals surface area contributed by atoms with Gasteiger partial charge in [-0.3, -0.25) is 9.89 Å². The highest BCUT2D eigenvalue weighted by Crippen LogP contribution is 2.40. The Kier molecular flexibility index (Phi) is 10.5. The van der Waals surface area contributed by atoms with Crippen LogP contribution in [0, 0.1) is 5.41 Å². The smallest absolute Gasteiger partial charge is 0.191 e. The Morgan fingerprint density at radius 1 is 1.25 bits per heavy atom. The van der Waals surface area contributed by atoms with E-state index in [2.05, 4.69) is 27.4 Å². The van der Waals surface area contributed by atoms with E-state index >= 15 is 0 Å². The average Bonchev–Trinajstić information content (AvgIpc) is 3.31. The molecule has 2 saturated carbocycles. The number of nitrogens with zero attached hydrogens (tertiary/aromatic N) is 2. The summed E-state index contributed by atoms with van der Waals surface area (Å²) in [5.41, 5.74) is 0.400. The lowest BCUT2D eigenvalue weighted by atomic mass is 9.83. The third-order valence-corrected chi connectivity index (χ3v) is 5.52. The van der Waals surface area contributed by atoms with Gasteiger partial charge < -0.3 is 15.4 Å². The molecule has 0 atom stereocenters. The first-order chi connectivity index (χ1) is 11.2. The molecule has 0 spiro atoms. The predicted molar refractivity (Wildman–Crippen MR) is 112 cm³/mol. The number of ether oxygens (including phenoxy) is 1. The molecule has 5 nitrogen and oxygen atoms in total. The summed E-state index contributed by atoms with van der Waals surface area (Å²) in [5, 5.41) is 7.04. The SMILES string of the molecule is CCN(CCNC(=NC)NCC1(CCOC)CCCC1)C1CC1.I. The van der Waals surface area contributed by atoms with Crippen LogP contribution in [0.1, 0.15) is 51.9 Å². The summed E-state index contributed by atoms with van der Waals surface area (Å²) in [6.07, 6.45) is 9.23. The average molecular weight is 452 g/mol. The molecule has 2 aliphatic rings. The molecule has 0 saturated heterocycles. The third kappa shape index (κ3) is 7.04. The van der Waals surface area contributed by atoms with Gasteiger partial charge in [0.25, 0.3) is 0 Å². The molecule has 0 bridgehead atoms. The molecule has 0 radical (unpaired) electrons. The van der Waals surface area contributed by atoms with E-state index in [9.17, 15) is 0 Å². The summed E-state index contributed by atoms with van der Waals surface area (Å²) in [4.78, 5) is 6.96. The highest BCUT2D eigenvalue weighted by molar-refractivity contribution is 14.0. The minimum Gasteiger partial charge on any atom is -0.385 e. The quantitative estimate of drug-likeness (QED) is 0.304. The molecular formula is C18H37IN4O. The molecule has 2 rings (SSSR count). The Balaban J connectivity index is 0.00000288. The molecule has 0 unspecified atom stereocenters. The van der Waals surface area contributed by atoms with Crippen LogP contribution in [0.5, 0.6) is 0 Å². The number of rotatable bonds is 10. The normalized spacial score (nSPS) is 20.1. The molecule has 0 aromatic rings. The summed E-state index contributed by atoms with van der Waals surface area (Å²) in [7, 11) is 3.67. The molecule has 2 aliphatic carbocycles. The van der Waals surface area contributed by atoms with Crippen LogP contribution in [0.25, 0.3) is 0 Å². The van der Waals surface area contributed by atoms with Crippen LogP contribution in [-0.4, -0.2) is 63.8 Å². The number of nitrogens with one attached hydrogen (secondary N) is 2. The van der Waals surface area contributed by atoms with Gasteiger partial charge in [-0.15, -0.1) is 24.0 Å². The van der Waals surface area contributed by atoms with Gasteiger partial charge in [0.15, 0.2) is 5.96 Å². The van der Waals surface area contributed by atoms with Crippen molar-refractivity contribution in [2.24, 2.45) is 10.4 Å². The molecule has 0 aromatic heterocycles. The van der Waals surface area contributed by atoms with Gasteiger partial charge in [0.1, 0.15) is 0 Å². The third-order valence-electron chi connectivity index (χ3n) is 5.52. The largest absolute Gasteiger partial charge is 0.385 e. The van der Waals surface area contributed by atoms with Crippen LogP contribution < -0.4 is 10.6 Å². The van der Waals surface area contributed by atoms with Crippen LogP contribution in [0.2, 0.25) is 0 Å². The minimum absolute atomic E-state index is 0. The number of hydrogen-bond acceptors (Lipinski definition) is 3. The highest BCUT2D eigenvalue weighted by Gasteiger charge is 2.33. The number of hydrogen-bond donors (Lipinski definition) is 2. The maximum atomic E-state index is 5.31. The number of likely N-dealkylation sites (N-methyl/N-ethyl adjacent to an activating group) is 1. The van der Waals surface area contributed by atoms with Gasteiger partial charge in [-0.25, -0.2) is 0 Å². The molecule has 2 N–H and O–H groups in total. The Hall–Kier alpha value is -0.0800. The lowest BCUT2D eigenvalue weighted by Gasteiger charge is -2.30. The molecule has 0 aromatic carbocycles. The van der Waals surface area contributed by atoms with Crippen molar-refractivity contribution in [1.82, 2.24) is 15.5 Å². The van der Waals surface area contributed by atoms with E-state index in [4.69, 9.17) is 4.74 Å². The monoisotopic (exact) mass is 452 g/mol. The maximum absolute atomic E-state index is 5.31. The molecule has 0 amide bonds. The Labute approximate surface area is 165 Å². The molecule has 142 valence electrons. The van der Waals surface area contributed by atoms with Crippen LogP contribution in [0.3, 0.4) is 0 Å². The first-order valence-corrected chi connectivity index (χ1v) is 9.40. The second kappa shape index (κ2) is 11.5. The van der Waals surface area contributed by atoms with Crippen molar-refractivity contribution in [3.05, 3.63) is 0 Å². The van der Waals surface area contributed by atoms with E-state index in [0.717, 1.165) is 51.2 Å². The number of aliphatic imine (C=N–C) groups is 1. The molecule has 0 heterocycles. The summed E-state index contributed by atoms with van der Waals surface area (Å²) in [5.74, 6) is 0.945.